The number of nitrogens with zero attached hydrogens (tertiary/aromatic N) is 3. The van der Waals surface area contributed by atoms with Gasteiger partial charge >= 0.3 is 0 Å². The summed E-state index contributed by atoms with van der Waals surface area (Å²) in [6, 6.07) is 9.04. The van der Waals surface area contributed by atoms with Crippen LogP contribution in [0.25, 0.3) is 11.3 Å². The molecule has 0 bridgehead atoms. The largest absolute Gasteiger partial charge is 0.491 e. The van der Waals surface area contributed by atoms with Crippen molar-refractivity contribution in [2.24, 2.45) is 5.92 Å². The third-order valence-electron chi connectivity index (χ3n) is 3.52. The van der Waals surface area contributed by atoms with E-state index in [0.717, 1.165) is 22.7 Å². The molecule has 7 nitrogen and oxygen atoms in total. The SMILES string of the molecule is CC(C)Cc1nnc(NC(=O)c2cc(-c3ccc(OC(C)C)cc3)on2)s1. The van der Waals surface area contributed by atoms with E-state index in [1.165, 1.54) is 11.3 Å². The summed E-state index contributed by atoms with van der Waals surface area (Å²) in [5.74, 6) is 1.39. The first kappa shape index (κ1) is 19.0. The van der Waals surface area contributed by atoms with Gasteiger partial charge in [-0.05, 0) is 44.0 Å². The lowest BCUT2D eigenvalue weighted by atomic mass is 10.1. The summed E-state index contributed by atoms with van der Waals surface area (Å²) in [6.07, 6.45) is 0.941. The van der Waals surface area contributed by atoms with E-state index >= 15 is 0 Å². The molecule has 0 radical (unpaired) electrons. The number of amides is 1. The Morgan fingerprint density at radius 1 is 1.19 bits per heavy atom. The van der Waals surface area contributed by atoms with Gasteiger partial charge in [0, 0.05) is 18.1 Å². The van der Waals surface area contributed by atoms with Crippen LogP contribution in [-0.2, 0) is 6.42 Å². The Hall–Kier alpha value is -2.74. The van der Waals surface area contributed by atoms with Crippen molar-refractivity contribution >= 4 is 22.4 Å². The van der Waals surface area contributed by atoms with Crippen LogP contribution in [-0.4, -0.2) is 27.4 Å². The quantitative estimate of drug-likeness (QED) is 0.646. The van der Waals surface area contributed by atoms with Gasteiger partial charge < -0.3 is 9.26 Å². The highest BCUT2D eigenvalue weighted by atomic mass is 32.1. The molecule has 0 atom stereocenters. The Kier molecular flexibility index (Phi) is 5.85. The fourth-order valence-electron chi connectivity index (χ4n) is 2.39. The van der Waals surface area contributed by atoms with E-state index in [-0.39, 0.29) is 17.7 Å². The molecule has 1 aromatic carbocycles. The molecule has 142 valence electrons. The van der Waals surface area contributed by atoms with Gasteiger partial charge in [0.15, 0.2) is 11.5 Å². The molecule has 3 aromatic rings. The molecular weight excluding hydrogens is 364 g/mol. The van der Waals surface area contributed by atoms with Crippen molar-refractivity contribution in [2.75, 3.05) is 5.32 Å². The van der Waals surface area contributed by atoms with Gasteiger partial charge in [-0.2, -0.15) is 0 Å². The van der Waals surface area contributed by atoms with Crippen LogP contribution in [0.2, 0.25) is 0 Å². The summed E-state index contributed by atoms with van der Waals surface area (Å²) in [6.45, 7) is 8.16. The molecule has 3 rings (SSSR count). The monoisotopic (exact) mass is 386 g/mol. The van der Waals surface area contributed by atoms with Crippen molar-refractivity contribution in [3.8, 4) is 17.1 Å². The highest BCUT2D eigenvalue weighted by molar-refractivity contribution is 7.15. The van der Waals surface area contributed by atoms with Crippen molar-refractivity contribution in [2.45, 2.75) is 40.2 Å². The average Bonchev–Trinajstić information content (AvgIpc) is 3.24. The number of ether oxygens (including phenoxy) is 1. The Morgan fingerprint density at radius 2 is 1.93 bits per heavy atom. The lowest BCUT2D eigenvalue weighted by Gasteiger charge is -2.09. The molecule has 27 heavy (non-hydrogen) atoms. The van der Waals surface area contributed by atoms with E-state index < -0.39 is 0 Å². The lowest BCUT2D eigenvalue weighted by Crippen LogP contribution is -2.11. The van der Waals surface area contributed by atoms with Crippen molar-refractivity contribution in [1.82, 2.24) is 15.4 Å². The predicted molar refractivity (Wildman–Crippen MR) is 104 cm³/mol. The Balaban J connectivity index is 1.66. The molecule has 2 aromatic heterocycles. The maximum absolute atomic E-state index is 12.4. The summed E-state index contributed by atoms with van der Waals surface area (Å²) in [5, 5.41) is 16.0. The molecule has 0 saturated carbocycles. The van der Waals surface area contributed by atoms with Gasteiger partial charge in [0.2, 0.25) is 5.13 Å². The van der Waals surface area contributed by atoms with Gasteiger partial charge in [0.1, 0.15) is 10.8 Å². The Bertz CT molecular complexity index is 900. The molecule has 0 aliphatic carbocycles. The summed E-state index contributed by atoms with van der Waals surface area (Å²) in [5.41, 5.74) is 1.00. The van der Waals surface area contributed by atoms with Crippen molar-refractivity contribution in [1.29, 1.82) is 0 Å². The van der Waals surface area contributed by atoms with Crippen molar-refractivity contribution in [3.05, 3.63) is 41.0 Å². The van der Waals surface area contributed by atoms with Gasteiger partial charge in [-0.25, -0.2) is 0 Å². The zero-order chi connectivity index (χ0) is 19.4. The number of nitrogens with one attached hydrogen (secondary N) is 1. The molecule has 0 fully saturated rings. The molecule has 0 saturated heterocycles. The molecule has 0 aliphatic heterocycles. The lowest BCUT2D eigenvalue weighted by molar-refractivity contribution is 0.101. The second-order valence-electron chi connectivity index (χ2n) is 6.82. The number of hydrogen-bond acceptors (Lipinski definition) is 7. The van der Waals surface area contributed by atoms with Gasteiger partial charge in [0.05, 0.1) is 6.10 Å². The first-order chi connectivity index (χ1) is 12.9. The second kappa shape index (κ2) is 8.30. The fraction of sp³-hybridized carbons (Fsp3) is 0.368. The highest BCUT2D eigenvalue weighted by Gasteiger charge is 2.16. The van der Waals surface area contributed by atoms with Crippen LogP contribution in [0, 0.1) is 5.92 Å². The van der Waals surface area contributed by atoms with Crippen molar-refractivity contribution in [3.63, 3.8) is 0 Å². The van der Waals surface area contributed by atoms with Crippen LogP contribution in [0.4, 0.5) is 5.13 Å². The van der Waals surface area contributed by atoms with E-state index in [2.05, 4.69) is 34.5 Å². The Morgan fingerprint density at radius 3 is 2.59 bits per heavy atom. The standard InChI is InChI=1S/C19H22N4O3S/c1-11(2)9-17-21-22-19(27-17)20-18(24)15-10-16(26-23-15)13-5-7-14(8-6-13)25-12(3)4/h5-8,10-12H,9H2,1-4H3,(H,20,22,24). The Labute approximate surface area is 161 Å². The minimum Gasteiger partial charge on any atom is -0.491 e. The molecule has 0 unspecified atom stereocenters. The molecule has 1 N–H and O–H groups in total. The molecule has 2 heterocycles. The third-order valence-corrected chi connectivity index (χ3v) is 4.38. The number of anilines is 1. The van der Waals surface area contributed by atoms with E-state index in [4.69, 9.17) is 9.26 Å². The van der Waals surface area contributed by atoms with Crippen LogP contribution in [0.15, 0.2) is 34.9 Å². The zero-order valence-corrected chi connectivity index (χ0v) is 16.5. The number of aromatic nitrogens is 3. The van der Waals surface area contributed by atoms with Crippen LogP contribution in [0.1, 0.15) is 43.2 Å². The summed E-state index contributed by atoms with van der Waals surface area (Å²) in [7, 11) is 0. The van der Waals surface area contributed by atoms with E-state index in [1.807, 2.05) is 38.1 Å². The second-order valence-corrected chi connectivity index (χ2v) is 7.88. The summed E-state index contributed by atoms with van der Waals surface area (Å²) in [4.78, 5) is 12.4. The fourth-order valence-corrected chi connectivity index (χ4v) is 3.33. The highest BCUT2D eigenvalue weighted by Crippen LogP contribution is 2.24. The topological polar surface area (TPSA) is 90.1 Å². The van der Waals surface area contributed by atoms with Crippen LogP contribution in [0.5, 0.6) is 5.75 Å². The number of carbonyl (C=O) groups excluding carboxylic acids is 1. The van der Waals surface area contributed by atoms with Crippen LogP contribution >= 0.6 is 11.3 Å². The van der Waals surface area contributed by atoms with Gasteiger partial charge in [-0.3, -0.25) is 10.1 Å². The number of carbonyl (C=O) groups is 1. The van der Waals surface area contributed by atoms with E-state index in [9.17, 15) is 4.79 Å². The van der Waals surface area contributed by atoms with Crippen LogP contribution in [0.3, 0.4) is 0 Å². The maximum atomic E-state index is 12.4. The molecule has 1 amide bonds. The third kappa shape index (κ3) is 5.13. The first-order valence-corrected chi connectivity index (χ1v) is 9.60. The van der Waals surface area contributed by atoms with E-state index in [0.29, 0.717) is 16.8 Å². The van der Waals surface area contributed by atoms with Gasteiger partial charge in [0.25, 0.3) is 5.91 Å². The zero-order valence-electron chi connectivity index (χ0n) is 15.7. The maximum Gasteiger partial charge on any atom is 0.279 e. The number of hydrogen-bond donors (Lipinski definition) is 1. The number of rotatable bonds is 7. The smallest absolute Gasteiger partial charge is 0.279 e. The molecule has 8 heteroatoms. The summed E-state index contributed by atoms with van der Waals surface area (Å²) >= 11 is 1.37. The van der Waals surface area contributed by atoms with Gasteiger partial charge in [-0.15, -0.1) is 10.2 Å². The van der Waals surface area contributed by atoms with Crippen LogP contribution < -0.4 is 10.1 Å². The minimum atomic E-state index is -0.378. The van der Waals surface area contributed by atoms with E-state index in [1.54, 1.807) is 6.07 Å². The molecular formula is C19H22N4O3S. The number of benzene rings is 1. The minimum absolute atomic E-state index is 0.109. The molecule has 0 aliphatic rings. The first-order valence-electron chi connectivity index (χ1n) is 8.78. The predicted octanol–water partition coefficient (Wildman–Crippen LogP) is 4.43. The average molecular weight is 386 g/mol. The molecule has 0 spiro atoms. The normalized spacial score (nSPS) is 11.2. The van der Waals surface area contributed by atoms with Gasteiger partial charge in [-0.1, -0.05) is 30.3 Å². The van der Waals surface area contributed by atoms with Crippen molar-refractivity contribution < 1.29 is 14.1 Å². The summed E-state index contributed by atoms with van der Waals surface area (Å²) < 4.78 is 10.9.